The zero-order valence-electron chi connectivity index (χ0n) is 12.0. The largest absolute Gasteiger partial charge is 0.497 e. The lowest BCUT2D eigenvalue weighted by Gasteiger charge is -2.08. The highest BCUT2D eigenvalue weighted by atomic mass is 16.6. The van der Waals surface area contributed by atoms with Gasteiger partial charge in [0.2, 0.25) is 0 Å². The SMILES string of the molecule is C#CCC(O)c1cc([N+](=O)[O-])nn1Cc1ccc(OC)cc1. The van der Waals surface area contributed by atoms with Crippen LogP contribution in [0.2, 0.25) is 0 Å². The average molecular weight is 301 g/mol. The molecule has 22 heavy (non-hydrogen) atoms. The molecule has 0 radical (unpaired) electrons. The van der Waals surface area contributed by atoms with Crippen molar-refractivity contribution in [3.05, 3.63) is 51.7 Å². The zero-order chi connectivity index (χ0) is 16.1. The van der Waals surface area contributed by atoms with E-state index in [0.717, 1.165) is 5.56 Å². The first-order valence-electron chi connectivity index (χ1n) is 6.51. The molecule has 1 aromatic heterocycles. The first-order valence-corrected chi connectivity index (χ1v) is 6.51. The highest BCUT2D eigenvalue weighted by molar-refractivity contribution is 5.29. The van der Waals surface area contributed by atoms with Crippen molar-refractivity contribution < 1.29 is 14.8 Å². The molecule has 1 atom stereocenters. The van der Waals surface area contributed by atoms with Crippen LogP contribution in [0.1, 0.15) is 23.8 Å². The second kappa shape index (κ2) is 6.74. The van der Waals surface area contributed by atoms with Crippen molar-refractivity contribution in [3.8, 4) is 18.1 Å². The number of hydrogen-bond donors (Lipinski definition) is 1. The van der Waals surface area contributed by atoms with Crippen molar-refractivity contribution in [2.24, 2.45) is 0 Å². The number of benzene rings is 1. The summed E-state index contributed by atoms with van der Waals surface area (Å²) in [5, 5.41) is 24.8. The zero-order valence-corrected chi connectivity index (χ0v) is 12.0. The molecule has 0 aliphatic heterocycles. The van der Waals surface area contributed by atoms with E-state index in [1.165, 1.54) is 10.7 Å². The van der Waals surface area contributed by atoms with Gasteiger partial charge in [0.05, 0.1) is 30.5 Å². The Morgan fingerprint density at radius 1 is 1.50 bits per heavy atom. The predicted molar refractivity (Wildman–Crippen MR) is 79.4 cm³/mol. The molecule has 0 saturated heterocycles. The van der Waals surface area contributed by atoms with E-state index in [1.54, 1.807) is 19.2 Å². The lowest BCUT2D eigenvalue weighted by molar-refractivity contribution is -0.389. The summed E-state index contributed by atoms with van der Waals surface area (Å²) < 4.78 is 6.47. The first kappa shape index (κ1) is 15.5. The summed E-state index contributed by atoms with van der Waals surface area (Å²) in [5.74, 6) is 2.72. The fraction of sp³-hybridized carbons (Fsp3) is 0.267. The number of aromatic nitrogens is 2. The Kier molecular flexibility index (Phi) is 4.76. The molecule has 2 rings (SSSR count). The number of methoxy groups -OCH3 is 1. The molecule has 114 valence electrons. The maximum absolute atomic E-state index is 10.9. The molecule has 7 nitrogen and oxygen atoms in total. The summed E-state index contributed by atoms with van der Waals surface area (Å²) in [6.45, 7) is 0.287. The number of nitrogens with zero attached hydrogens (tertiary/aromatic N) is 3. The van der Waals surface area contributed by atoms with Crippen LogP contribution in [0.15, 0.2) is 30.3 Å². The molecule has 1 aromatic carbocycles. The van der Waals surface area contributed by atoms with E-state index >= 15 is 0 Å². The smallest absolute Gasteiger partial charge is 0.390 e. The van der Waals surface area contributed by atoms with Gasteiger partial charge < -0.3 is 20.0 Å². The molecule has 0 aliphatic carbocycles. The summed E-state index contributed by atoms with van der Waals surface area (Å²) in [6, 6.07) is 8.45. The van der Waals surface area contributed by atoms with Crippen LogP contribution < -0.4 is 4.74 Å². The topological polar surface area (TPSA) is 90.4 Å². The lowest BCUT2D eigenvalue weighted by Crippen LogP contribution is -2.10. The van der Waals surface area contributed by atoms with Crippen molar-refractivity contribution >= 4 is 5.82 Å². The van der Waals surface area contributed by atoms with Crippen LogP contribution in [0, 0.1) is 22.5 Å². The molecule has 0 bridgehead atoms. The average Bonchev–Trinajstić information content (AvgIpc) is 2.92. The van der Waals surface area contributed by atoms with Gasteiger partial charge in [-0.1, -0.05) is 12.1 Å². The summed E-state index contributed by atoms with van der Waals surface area (Å²) in [5.41, 5.74) is 1.19. The number of rotatable bonds is 6. The minimum Gasteiger partial charge on any atom is -0.497 e. The number of nitro groups is 1. The molecule has 1 unspecified atom stereocenters. The molecule has 2 aromatic rings. The quantitative estimate of drug-likeness (QED) is 0.500. The normalized spacial score (nSPS) is 11.7. The summed E-state index contributed by atoms with van der Waals surface area (Å²) in [6.07, 6.45) is 4.25. The van der Waals surface area contributed by atoms with E-state index in [2.05, 4.69) is 11.0 Å². The molecule has 0 spiro atoms. The van der Waals surface area contributed by atoms with Crippen molar-refractivity contribution in [1.82, 2.24) is 9.78 Å². The third-order valence-corrected chi connectivity index (χ3v) is 3.13. The highest BCUT2D eigenvalue weighted by Gasteiger charge is 2.23. The Labute approximate surface area is 127 Å². The van der Waals surface area contributed by atoms with E-state index in [0.29, 0.717) is 11.4 Å². The second-order valence-electron chi connectivity index (χ2n) is 4.61. The van der Waals surface area contributed by atoms with Gasteiger partial charge in [-0.3, -0.25) is 0 Å². The second-order valence-corrected chi connectivity index (χ2v) is 4.61. The molecule has 0 saturated carbocycles. The van der Waals surface area contributed by atoms with E-state index < -0.39 is 11.0 Å². The van der Waals surface area contributed by atoms with E-state index in [-0.39, 0.29) is 18.8 Å². The van der Waals surface area contributed by atoms with Crippen LogP contribution in [0.4, 0.5) is 5.82 Å². The number of hydrogen-bond acceptors (Lipinski definition) is 5. The van der Waals surface area contributed by atoms with Crippen molar-refractivity contribution in [3.63, 3.8) is 0 Å². The molecular formula is C15H15N3O4. The summed E-state index contributed by atoms with van der Waals surface area (Å²) in [4.78, 5) is 10.3. The van der Waals surface area contributed by atoms with Gasteiger partial charge in [0.25, 0.3) is 0 Å². The fourth-order valence-corrected chi connectivity index (χ4v) is 2.02. The van der Waals surface area contributed by atoms with Gasteiger partial charge in [0, 0.05) is 6.42 Å². The van der Waals surface area contributed by atoms with Crippen LogP contribution in [-0.2, 0) is 6.54 Å². The van der Waals surface area contributed by atoms with Gasteiger partial charge in [-0.2, -0.15) is 4.68 Å². The van der Waals surface area contributed by atoms with Crippen LogP contribution in [0.25, 0.3) is 0 Å². The minimum absolute atomic E-state index is 0.0610. The highest BCUT2D eigenvalue weighted by Crippen LogP contribution is 2.22. The van der Waals surface area contributed by atoms with Gasteiger partial charge in [-0.15, -0.1) is 12.3 Å². The lowest BCUT2D eigenvalue weighted by atomic mass is 10.1. The van der Waals surface area contributed by atoms with Gasteiger partial charge in [-0.25, -0.2) is 0 Å². The van der Waals surface area contributed by atoms with Crippen LogP contribution >= 0.6 is 0 Å². The fourth-order valence-electron chi connectivity index (χ4n) is 2.02. The minimum atomic E-state index is -0.996. The van der Waals surface area contributed by atoms with Crippen molar-refractivity contribution in [2.75, 3.05) is 7.11 Å². The third-order valence-electron chi connectivity index (χ3n) is 3.13. The number of ether oxygens (including phenoxy) is 1. The van der Waals surface area contributed by atoms with Crippen molar-refractivity contribution in [2.45, 2.75) is 19.1 Å². The summed E-state index contributed by atoms with van der Waals surface area (Å²) in [7, 11) is 1.57. The van der Waals surface area contributed by atoms with Gasteiger partial charge in [0.1, 0.15) is 11.9 Å². The van der Waals surface area contributed by atoms with Gasteiger partial charge in [-0.05, 0) is 22.6 Å². The Balaban J connectivity index is 2.31. The Bertz CT molecular complexity index is 701. The Morgan fingerprint density at radius 3 is 2.73 bits per heavy atom. The molecule has 7 heteroatoms. The van der Waals surface area contributed by atoms with E-state index in [1.807, 2.05) is 12.1 Å². The number of aliphatic hydroxyl groups excluding tert-OH is 1. The molecular weight excluding hydrogens is 286 g/mol. The third kappa shape index (κ3) is 3.42. The van der Waals surface area contributed by atoms with Gasteiger partial charge in [0.15, 0.2) is 0 Å². The van der Waals surface area contributed by atoms with Crippen LogP contribution in [0.5, 0.6) is 5.75 Å². The number of aliphatic hydroxyl groups is 1. The summed E-state index contributed by atoms with van der Waals surface area (Å²) >= 11 is 0. The molecule has 1 N–H and O–H groups in total. The molecule has 0 amide bonds. The predicted octanol–water partition coefficient (Wildman–Crippen LogP) is 1.90. The standard InChI is InChI=1S/C15H15N3O4/c1-3-4-14(19)13-9-15(18(20)21)16-17(13)10-11-5-7-12(22-2)8-6-11/h1,5-9,14,19H,4,10H2,2H3. The van der Waals surface area contributed by atoms with Gasteiger partial charge >= 0.3 is 5.82 Å². The van der Waals surface area contributed by atoms with E-state index in [4.69, 9.17) is 11.2 Å². The van der Waals surface area contributed by atoms with Crippen LogP contribution in [-0.4, -0.2) is 26.9 Å². The van der Waals surface area contributed by atoms with Crippen molar-refractivity contribution in [1.29, 1.82) is 0 Å². The Hall–Kier alpha value is -2.85. The first-order chi connectivity index (χ1) is 10.5. The number of terminal acetylenes is 1. The maximum atomic E-state index is 10.9. The monoisotopic (exact) mass is 301 g/mol. The Morgan fingerprint density at radius 2 is 2.18 bits per heavy atom. The molecule has 1 heterocycles. The molecule has 0 aliphatic rings. The molecule has 0 fully saturated rings. The van der Waals surface area contributed by atoms with E-state index in [9.17, 15) is 15.2 Å². The maximum Gasteiger partial charge on any atom is 0.390 e. The van der Waals surface area contributed by atoms with Crippen LogP contribution in [0.3, 0.4) is 0 Å².